The lowest BCUT2D eigenvalue weighted by molar-refractivity contribution is -0.385. The Morgan fingerprint density at radius 1 is 1.00 bits per heavy atom. The zero-order valence-corrected chi connectivity index (χ0v) is 25.6. The average Bonchev–Trinajstić information content (AvgIpc) is 3.00. The molecule has 13 heteroatoms. The van der Waals surface area contributed by atoms with Gasteiger partial charge in [-0.3, -0.25) is 24.0 Å². The molecule has 0 heterocycles. The predicted octanol–water partition coefficient (Wildman–Crippen LogP) is 4.06. The molecule has 12 nitrogen and oxygen atoms in total. The van der Waals surface area contributed by atoms with Crippen molar-refractivity contribution in [1.82, 2.24) is 10.2 Å². The number of methoxy groups -OCH3 is 2. The van der Waals surface area contributed by atoms with Crippen LogP contribution in [0.4, 0.5) is 11.4 Å². The molecule has 230 valence electrons. The quantitative estimate of drug-likeness (QED) is 0.212. The van der Waals surface area contributed by atoms with Crippen LogP contribution in [0.3, 0.4) is 0 Å². The minimum absolute atomic E-state index is 0.0107. The molecular weight excluding hydrogens is 576 g/mol. The lowest BCUT2D eigenvalue weighted by Gasteiger charge is -2.32. The van der Waals surface area contributed by atoms with Gasteiger partial charge in [-0.25, -0.2) is 8.42 Å². The van der Waals surface area contributed by atoms with Crippen molar-refractivity contribution < 1.29 is 32.4 Å². The summed E-state index contributed by atoms with van der Waals surface area (Å²) in [4.78, 5) is 38.9. The molecule has 1 N–H and O–H groups in total. The van der Waals surface area contributed by atoms with E-state index >= 15 is 0 Å². The number of nitrogens with one attached hydrogen (secondary N) is 1. The summed E-state index contributed by atoms with van der Waals surface area (Å²) in [5.41, 5.74) is 0.702. The van der Waals surface area contributed by atoms with Crippen molar-refractivity contribution in [3.63, 3.8) is 0 Å². The van der Waals surface area contributed by atoms with Crippen molar-refractivity contribution in [2.75, 3.05) is 31.6 Å². The van der Waals surface area contributed by atoms with Crippen molar-refractivity contribution in [2.24, 2.45) is 0 Å². The fourth-order valence-electron chi connectivity index (χ4n) is 4.30. The summed E-state index contributed by atoms with van der Waals surface area (Å²) in [6.07, 6.45) is 0.689. The first-order valence-corrected chi connectivity index (χ1v) is 15.0. The SMILES string of the molecule is CCCNC(=O)[C@@H](C)N(Cc1cccc(OC)c1)C(=O)CN(c1ccc(OC)cc1)S(=O)(=O)c1ccc(C)c([N+](=O)[O-])c1. The first kappa shape index (κ1) is 32.9. The van der Waals surface area contributed by atoms with Crippen LogP contribution in [0.15, 0.2) is 71.6 Å². The molecule has 3 rings (SSSR count). The molecule has 0 aliphatic heterocycles. The zero-order valence-electron chi connectivity index (χ0n) is 24.8. The molecule has 2 amide bonds. The number of carbonyl (C=O) groups is 2. The van der Waals surface area contributed by atoms with E-state index in [9.17, 15) is 28.1 Å². The molecule has 0 unspecified atom stereocenters. The highest BCUT2D eigenvalue weighted by molar-refractivity contribution is 7.92. The third kappa shape index (κ3) is 8.01. The third-order valence-electron chi connectivity index (χ3n) is 6.81. The van der Waals surface area contributed by atoms with Gasteiger partial charge >= 0.3 is 0 Å². The number of sulfonamides is 1. The number of nitrogens with zero attached hydrogens (tertiary/aromatic N) is 3. The Morgan fingerprint density at radius 2 is 1.67 bits per heavy atom. The molecule has 0 radical (unpaired) electrons. The maximum atomic E-state index is 14.0. The maximum Gasteiger partial charge on any atom is 0.273 e. The van der Waals surface area contributed by atoms with E-state index in [-0.39, 0.29) is 28.4 Å². The number of hydrogen-bond acceptors (Lipinski definition) is 8. The number of nitro benzene ring substituents is 1. The molecule has 0 aromatic heterocycles. The Kier molecular flexibility index (Phi) is 11.1. The van der Waals surface area contributed by atoms with E-state index in [1.807, 2.05) is 6.92 Å². The first-order chi connectivity index (χ1) is 20.4. The monoisotopic (exact) mass is 612 g/mol. The number of amides is 2. The van der Waals surface area contributed by atoms with Gasteiger partial charge < -0.3 is 19.7 Å². The molecule has 0 fully saturated rings. The highest BCUT2D eigenvalue weighted by Gasteiger charge is 2.33. The summed E-state index contributed by atoms with van der Waals surface area (Å²) in [6.45, 7) is 4.67. The second-order valence-electron chi connectivity index (χ2n) is 9.76. The van der Waals surface area contributed by atoms with Gasteiger partial charge in [0.25, 0.3) is 15.7 Å². The maximum absolute atomic E-state index is 14.0. The molecule has 0 saturated heterocycles. The Labute approximate surface area is 251 Å². The van der Waals surface area contributed by atoms with Crippen molar-refractivity contribution in [3.05, 3.63) is 88.0 Å². The highest BCUT2D eigenvalue weighted by Crippen LogP contribution is 2.29. The van der Waals surface area contributed by atoms with Gasteiger partial charge in [0.15, 0.2) is 0 Å². The standard InChI is InChI=1S/C30H36N4O8S/c1-6-16-31-30(36)22(3)32(19-23-8-7-9-26(17-23)42-5)29(35)20-33(24-11-13-25(41-4)14-12-24)43(39,40)27-15-10-21(2)28(18-27)34(37)38/h7-15,17-18,22H,6,16,19-20H2,1-5H3,(H,31,36)/t22-/m1/s1. The largest absolute Gasteiger partial charge is 0.497 e. The molecule has 0 saturated carbocycles. The number of benzene rings is 3. The van der Waals surface area contributed by atoms with Crippen LogP contribution < -0.4 is 19.1 Å². The van der Waals surface area contributed by atoms with Crippen LogP contribution in [0, 0.1) is 17.0 Å². The molecular formula is C30H36N4O8S. The molecule has 43 heavy (non-hydrogen) atoms. The summed E-state index contributed by atoms with van der Waals surface area (Å²) in [5.74, 6) is -0.0512. The van der Waals surface area contributed by atoms with Crippen LogP contribution >= 0.6 is 0 Å². The van der Waals surface area contributed by atoms with Crippen LogP contribution in [-0.2, 0) is 26.2 Å². The summed E-state index contributed by atoms with van der Waals surface area (Å²) < 4.78 is 39.4. The predicted molar refractivity (Wildman–Crippen MR) is 162 cm³/mol. The normalized spacial score (nSPS) is 11.7. The number of nitro groups is 1. The van der Waals surface area contributed by atoms with Crippen LogP contribution in [0.25, 0.3) is 0 Å². The van der Waals surface area contributed by atoms with Crippen molar-refractivity contribution >= 4 is 33.2 Å². The molecule has 3 aromatic rings. The van der Waals surface area contributed by atoms with Crippen molar-refractivity contribution in [1.29, 1.82) is 0 Å². The Morgan fingerprint density at radius 3 is 2.28 bits per heavy atom. The van der Waals surface area contributed by atoms with E-state index in [4.69, 9.17) is 9.47 Å². The minimum atomic E-state index is -4.50. The van der Waals surface area contributed by atoms with E-state index in [1.165, 1.54) is 62.4 Å². The van der Waals surface area contributed by atoms with E-state index < -0.39 is 39.3 Å². The molecule has 1 atom stereocenters. The van der Waals surface area contributed by atoms with E-state index in [0.717, 1.165) is 10.4 Å². The van der Waals surface area contributed by atoms with Gasteiger partial charge in [0, 0.05) is 24.7 Å². The summed E-state index contributed by atoms with van der Waals surface area (Å²) in [5, 5.41) is 14.4. The van der Waals surface area contributed by atoms with Gasteiger partial charge in [0.05, 0.1) is 29.7 Å². The number of hydrogen-bond donors (Lipinski definition) is 1. The molecule has 0 aliphatic rings. The second-order valence-corrected chi connectivity index (χ2v) is 11.6. The van der Waals surface area contributed by atoms with Crippen LogP contribution in [0.5, 0.6) is 11.5 Å². The van der Waals surface area contributed by atoms with Crippen molar-refractivity contribution in [2.45, 2.75) is 44.7 Å². The van der Waals surface area contributed by atoms with Gasteiger partial charge in [-0.05, 0) is 68.3 Å². The topological polar surface area (TPSA) is 148 Å². The van der Waals surface area contributed by atoms with Crippen LogP contribution in [-0.4, -0.2) is 63.4 Å². The van der Waals surface area contributed by atoms with Gasteiger partial charge in [-0.2, -0.15) is 0 Å². The number of aryl methyl sites for hydroxylation is 1. The van der Waals surface area contributed by atoms with Crippen LogP contribution in [0.1, 0.15) is 31.4 Å². The Hall–Kier alpha value is -4.65. The van der Waals surface area contributed by atoms with Crippen molar-refractivity contribution in [3.8, 4) is 11.5 Å². The average molecular weight is 613 g/mol. The van der Waals surface area contributed by atoms with Gasteiger partial charge in [0.2, 0.25) is 11.8 Å². The number of carbonyl (C=O) groups excluding carboxylic acids is 2. The number of rotatable bonds is 14. The van der Waals surface area contributed by atoms with Crippen LogP contribution in [0.2, 0.25) is 0 Å². The Bertz CT molecular complexity index is 1560. The molecule has 0 aliphatic carbocycles. The van der Waals surface area contributed by atoms with E-state index in [2.05, 4.69) is 5.32 Å². The summed E-state index contributed by atoms with van der Waals surface area (Å²) in [7, 11) is -1.53. The fraction of sp³-hybridized carbons (Fsp3) is 0.333. The zero-order chi connectivity index (χ0) is 31.7. The van der Waals surface area contributed by atoms with E-state index in [0.29, 0.717) is 30.0 Å². The van der Waals surface area contributed by atoms with Gasteiger partial charge in [-0.15, -0.1) is 0 Å². The minimum Gasteiger partial charge on any atom is -0.497 e. The van der Waals surface area contributed by atoms with Gasteiger partial charge in [0.1, 0.15) is 24.1 Å². The fourth-order valence-corrected chi connectivity index (χ4v) is 5.73. The lowest BCUT2D eigenvalue weighted by Crippen LogP contribution is -2.51. The smallest absolute Gasteiger partial charge is 0.273 e. The summed E-state index contributed by atoms with van der Waals surface area (Å²) in [6, 6.07) is 15.6. The summed E-state index contributed by atoms with van der Waals surface area (Å²) >= 11 is 0. The Balaban J connectivity index is 2.09. The molecule has 3 aromatic carbocycles. The number of ether oxygens (including phenoxy) is 2. The first-order valence-electron chi connectivity index (χ1n) is 13.5. The lowest BCUT2D eigenvalue weighted by atomic mass is 10.1. The second kappa shape index (κ2) is 14.5. The highest BCUT2D eigenvalue weighted by atomic mass is 32.2. The number of anilines is 1. The molecule has 0 bridgehead atoms. The molecule has 0 spiro atoms. The van der Waals surface area contributed by atoms with Gasteiger partial charge in [-0.1, -0.05) is 25.1 Å². The van der Waals surface area contributed by atoms with E-state index in [1.54, 1.807) is 31.2 Å². The third-order valence-corrected chi connectivity index (χ3v) is 8.58.